The number of morpholine rings is 1. The molecule has 30 heavy (non-hydrogen) atoms. The average molecular weight is 422 g/mol. The van der Waals surface area contributed by atoms with E-state index < -0.39 is 0 Å². The van der Waals surface area contributed by atoms with Crippen LogP contribution in [0.2, 0.25) is 0 Å². The Balaban J connectivity index is 1.49. The number of pyridine rings is 1. The number of carbonyl (C=O) groups is 1. The summed E-state index contributed by atoms with van der Waals surface area (Å²) in [4.78, 5) is 19.6. The lowest BCUT2D eigenvalue weighted by atomic mass is 10.1. The van der Waals surface area contributed by atoms with E-state index in [9.17, 15) is 4.79 Å². The average Bonchev–Trinajstić information content (AvgIpc) is 3.58. The fraction of sp³-hybridized carbons (Fsp3) is 0.364. The summed E-state index contributed by atoms with van der Waals surface area (Å²) in [6, 6.07) is 14.2. The van der Waals surface area contributed by atoms with Gasteiger partial charge in [-0.05, 0) is 30.5 Å². The topological polar surface area (TPSA) is 73.1 Å². The van der Waals surface area contributed by atoms with Gasteiger partial charge in [0.2, 0.25) is 5.91 Å². The van der Waals surface area contributed by atoms with Gasteiger partial charge in [0.1, 0.15) is 5.25 Å². The third-order valence-corrected chi connectivity index (χ3v) is 6.57. The minimum absolute atomic E-state index is 0.0998. The first-order chi connectivity index (χ1) is 14.8. The van der Waals surface area contributed by atoms with Crippen LogP contribution in [0.3, 0.4) is 0 Å². The van der Waals surface area contributed by atoms with Crippen molar-refractivity contribution in [2.45, 2.75) is 29.3 Å². The Hall–Kier alpha value is -2.71. The first-order valence-electron chi connectivity index (χ1n) is 10.2. The first kappa shape index (κ1) is 19.3. The lowest BCUT2D eigenvalue weighted by Crippen LogP contribution is -2.42. The van der Waals surface area contributed by atoms with Crippen LogP contribution in [0.1, 0.15) is 29.7 Å². The summed E-state index contributed by atoms with van der Waals surface area (Å²) >= 11 is 1.49. The van der Waals surface area contributed by atoms with E-state index in [-0.39, 0.29) is 11.2 Å². The minimum Gasteiger partial charge on any atom is -0.378 e. The molecule has 1 saturated heterocycles. The number of hydrogen-bond donors (Lipinski definition) is 0. The number of carbonyl (C=O) groups excluding carboxylic acids is 1. The zero-order valence-electron chi connectivity index (χ0n) is 16.6. The highest BCUT2D eigenvalue weighted by atomic mass is 32.2. The lowest BCUT2D eigenvalue weighted by molar-refractivity contribution is -0.134. The van der Waals surface area contributed by atoms with Crippen LogP contribution in [-0.4, -0.2) is 56.9 Å². The minimum atomic E-state index is -0.368. The van der Waals surface area contributed by atoms with Gasteiger partial charge in [0.05, 0.1) is 13.2 Å². The third kappa shape index (κ3) is 3.97. The zero-order chi connectivity index (χ0) is 20.3. The molecule has 8 heteroatoms. The van der Waals surface area contributed by atoms with Gasteiger partial charge in [-0.3, -0.25) is 14.3 Å². The predicted octanol–water partition coefficient (Wildman–Crippen LogP) is 3.37. The van der Waals surface area contributed by atoms with Gasteiger partial charge in [-0.2, -0.15) is 0 Å². The molecule has 1 saturated carbocycles. The molecule has 3 aromatic rings. The molecule has 1 aliphatic heterocycles. The molecule has 2 aliphatic rings. The van der Waals surface area contributed by atoms with Crippen molar-refractivity contribution in [1.29, 1.82) is 0 Å². The summed E-state index contributed by atoms with van der Waals surface area (Å²) in [5.74, 6) is 0.918. The van der Waals surface area contributed by atoms with Gasteiger partial charge in [0, 0.05) is 37.1 Å². The van der Waals surface area contributed by atoms with Crippen molar-refractivity contribution < 1.29 is 9.53 Å². The molecule has 0 N–H and O–H groups in total. The fourth-order valence-corrected chi connectivity index (χ4v) is 4.85. The second-order valence-electron chi connectivity index (χ2n) is 7.50. The molecule has 2 fully saturated rings. The van der Waals surface area contributed by atoms with Crippen LogP contribution < -0.4 is 0 Å². The summed E-state index contributed by atoms with van der Waals surface area (Å²) in [7, 11) is 0. The fourth-order valence-electron chi connectivity index (χ4n) is 3.65. The van der Waals surface area contributed by atoms with Crippen LogP contribution in [0.4, 0.5) is 0 Å². The van der Waals surface area contributed by atoms with E-state index in [0.29, 0.717) is 32.3 Å². The highest BCUT2D eigenvalue weighted by Gasteiger charge is 2.34. The highest BCUT2D eigenvalue weighted by Crippen LogP contribution is 2.44. The van der Waals surface area contributed by atoms with E-state index in [1.165, 1.54) is 11.8 Å². The Morgan fingerprint density at radius 3 is 2.57 bits per heavy atom. The maximum absolute atomic E-state index is 13.5. The summed E-state index contributed by atoms with van der Waals surface area (Å²) in [5.41, 5.74) is 1.92. The smallest absolute Gasteiger partial charge is 0.240 e. The number of hydrogen-bond acceptors (Lipinski definition) is 6. The van der Waals surface area contributed by atoms with E-state index in [4.69, 9.17) is 4.74 Å². The second-order valence-corrected chi connectivity index (χ2v) is 8.57. The van der Waals surface area contributed by atoms with Crippen LogP contribution >= 0.6 is 11.8 Å². The quantitative estimate of drug-likeness (QED) is 0.568. The van der Waals surface area contributed by atoms with Crippen molar-refractivity contribution in [3.05, 3.63) is 60.4 Å². The first-order valence-corrected chi connectivity index (χ1v) is 11.1. The van der Waals surface area contributed by atoms with Crippen LogP contribution in [0, 0.1) is 0 Å². The zero-order valence-corrected chi connectivity index (χ0v) is 17.4. The highest BCUT2D eigenvalue weighted by molar-refractivity contribution is 8.00. The molecule has 5 rings (SSSR count). The van der Waals surface area contributed by atoms with E-state index in [1.54, 1.807) is 6.20 Å². The van der Waals surface area contributed by atoms with Gasteiger partial charge in [-0.1, -0.05) is 42.1 Å². The van der Waals surface area contributed by atoms with Gasteiger partial charge >= 0.3 is 0 Å². The number of thioether (sulfide) groups is 1. The molecule has 1 atom stereocenters. The maximum Gasteiger partial charge on any atom is 0.240 e. The number of rotatable bonds is 6. The molecular weight excluding hydrogens is 398 g/mol. The molecule has 1 aromatic carbocycles. The predicted molar refractivity (Wildman–Crippen MR) is 114 cm³/mol. The number of benzene rings is 1. The van der Waals surface area contributed by atoms with Crippen LogP contribution in [0.5, 0.6) is 0 Å². The molecule has 0 unspecified atom stereocenters. The van der Waals surface area contributed by atoms with Crippen LogP contribution in [-0.2, 0) is 9.53 Å². The van der Waals surface area contributed by atoms with Crippen LogP contribution in [0.15, 0.2) is 60.0 Å². The molecule has 2 aromatic heterocycles. The molecule has 3 heterocycles. The van der Waals surface area contributed by atoms with E-state index >= 15 is 0 Å². The molecule has 0 radical (unpaired) electrons. The molecule has 0 spiro atoms. The van der Waals surface area contributed by atoms with Crippen molar-refractivity contribution in [3.63, 3.8) is 0 Å². The molecule has 1 aliphatic carbocycles. The number of ether oxygens (including phenoxy) is 1. The molecule has 154 valence electrons. The van der Waals surface area contributed by atoms with E-state index in [2.05, 4.69) is 19.7 Å². The molecular formula is C22H23N5O2S. The van der Waals surface area contributed by atoms with Gasteiger partial charge < -0.3 is 9.64 Å². The Morgan fingerprint density at radius 2 is 1.87 bits per heavy atom. The summed E-state index contributed by atoms with van der Waals surface area (Å²) in [5, 5.41) is 9.39. The Morgan fingerprint density at radius 1 is 1.07 bits per heavy atom. The Labute approximate surface area is 179 Å². The summed E-state index contributed by atoms with van der Waals surface area (Å²) in [6.45, 7) is 2.42. The lowest BCUT2D eigenvalue weighted by Gasteiger charge is -2.30. The van der Waals surface area contributed by atoms with Crippen molar-refractivity contribution in [2.75, 3.05) is 26.3 Å². The maximum atomic E-state index is 13.5. The van der Waals surface area contributed by atoms with E-state index in [1.807, 2.05) is 53.6 Å². The largest absolute Gasteiger partial charge is 0.378 e. The molecule has 1 amide bonds. The number of amides is 1. The standard InChI is InChI=1S/C22H23N5O2S/c28-21(26-11-13-29-14-12-26)19(16-5-2-1-3-6-16)30-22-25-24-20(27(22)18-8-9-18)17-7-4-10-23-15-17/h1-7,10,15,18-19H,8-9,11-14H2/t19-/m0/s1. The SMILES string of the molecule is O=C([C@@H](Sc1nnc(-c2cccnc2)n1C1CC1)c1ccccc1)N1CCOCC1. The third-order valence-electron chi connectivity index (χ3n) is 5.37. The van der Waals surface area contributed by atoms with E-state index in [0.717, 1.165) is 34.9 Å². The summed E-state index contributed by atoms with van der Waals surface area (Å²) in [6.07, 6.45) is 5.77. The van der Waals surface area contributed by atoms with Gasteiger partial charge in [-0.15, -0.1) is 10.2 Å². The van der Waals surface area contributed by atoms with Crippen molar-refractivity contribution in [2.24, 2.45) is 0 Å². The van der Waals surface area contributed by atoms with Gasteiger partial charge in [-0.25, -0.2) is 0 Å². The monoisotopic (exact) mass is 421 g/mol. The van der Waals surface area contributed by atoms with Crippen molar-refractivity contribution in [3.8, 4) is 11.4 Å². The molecule has 0 bridgehead atoms. The van der Waals surface area contributed by atoms with Crippen LogP contribution in [0.25, 0.3) is 11.4 Å². The van der Waals surface area contributed by atoms with Crippen molar-refractivity contribution >= 4 is 17.7 Å². The molecule has 7 nitrogen and oxygen atoms in total. The Kier molecular flexibility index (Phi) is 5.50. The second kappa shape index (κ2) is 8.57. The van der Waals surface area contributed by atoms with Gasteiger partial charge in [0.25, 0.3) is 0 Å². The number of nitrogens with zero attached hydrogens (tertiary/aromatic N) is 5. The summed E-state index contributed by atoms with van der Waals surface area (Å²) < 4.78 is 7.62. The van der Waals surface area contributed by atoms with Gasteiger partial charge in [0.15, 0.2) is 11.0 Å². The Bertz CT molecular complexity index is 1000. The number of aromatic nitrogens is 4. The van der Waals surface area contributed by atoms with Crippen molar-refractivity contribution in [1.82, 2.24) is 24.6 Å². The normalized spacial score (nSPS) is 17.7.